The van der Waals surface area contributed by atoms with Crippen molar-refractivity contribution in [2.75, 3.05) is 24.3 Å². The average Bonchev–Trinajstić information content (AvgIpc) is 2.80. The van der Waals surface area contributed by atoms with Gasteiger partial charge in [0.1, 0.15) is 11.5 Å². The van der Waals surface area contributed by atoms with Gasteiger partial charge in [0.05, 0.1) is 18.5 Å². The number of rotatable bonds is 10. The van der Waals surface area contributed by atoms with Crippen LogP contribution < -0.4 is 20.7 Å². The monoisotopic (exact) mass is 511 g/mol. The van der Waals surface area contributed by atoms with Crippen LogP contribution in [0.3, 0.4) is 0 Å². The number of amides is 3. The molecule has 2 rings (SSSR count). The van der Waals surface area contributed by atoms with Gasteiger partial charge in [0, 0.05) is 29.3 Å². The fourth-order valence-corrected chi connectivity index (χ4v) is 4.06. The smallest absolute Gasteiger partial charge is 0.319 e. The fraction of sp³-hybridized carbons (Fsp3) is 0.533. The highest BCUT2D eigenvalue weighted by Crippen LogP contribution is 2.40. The standard InChI is InChI=1S/C30H45N3O4/c1-9-10-11-12-13-16-31-28(36)33-25-19-21(37-8)14-15-24(25)32-27(35)20-17-22(29(2,3)4)26(34)23(18-20)30(5,6)7/h14-15,17-19,34H,9-13,16H2,1-8H3,(H,32,35)(H2,31,33,36). The molecule has 0 atom stereocenters. The van der Waals surface area contributed by atoms with Crippen molar-refractivity contribution in [1.82, 2.24) is 5.32 Å². The molecule has 37 heavy (non-hydrogen) atoms. The summed E-state index contributed by atoms with van der Waals surface area (Å²) < 4.78 is 5.32. The first-order valence-corrected chi connectivity index (χ1v) is 13.2. The summed E-state index contributed by atoms with van der Waals surface area (Å²) in [5, 5.41) is 19.6. The van der Waals surface area contributed by atoms with Crippen LogP contribution in [-0.4, -0.2) is 30.7 Å². The third-order valence-electron chi connectivity index (χ3n) is 6.28. The number of urea groups is 1. The summed E-state index contributed by atoms with van der Waals surface area (Å²) in [6.45, 7) is 14.8. The van der Waals surface area contributed by atoms with E-state index in [0.717, 1.165) is 19.3 Å². The maximum Gasteiger partial charge on any atom is 0.319 e. The lowest BCUT2D eigenvalue weighted by Gasteiger charge is -2.28. The number of nitrogens with one attached hydrogen (secondary N) is 3. The normalized spacial score (nSPS) is 11.7. The number of hydrogen-bond donors (Lipinski definition) is 4. The Kier molecular flexibility index (Phi) is 10.4. The van der Waals surface area contributed by atoms with Crippen LogP contribution in [-0.2, 0) is 10.8 Å². The predicted molar refractivity (Wildman–Crippen MR) is 152 cm³/mol. The zero-order valence-corrected chi connectivity index (χ0v) is 23.8. The van der Waals surface area contributed by atoms with Crippen molar-refractivity contribution < 1.29 is 19.4 Å². The highest BCUT2D eigenvalue weighted by Gasteiger charge is 2.28. The van der Waals surface area contributed by atoms with E-state index in [1.165, 1.54) is 12.8 Å². The van der Waals surface area contributed by atoms with Crippen molar-refractivity contribution in [3.8, 4) is 11.5 Å². The van der Waals surface area contributed by atoms with Crippen LogP contribution in [0.25, 0.3) is 0 Å². The molecule has 4 N–H and O–H groups in total. The summed E-state index contributed by atoms with van der Waals surface area (Å²) in [4.78, 5) is 26.0. The van der Waals surface area contributed by atoms with Crippen molar-refractivity contribution in [2.45, 2.75) is 91.4 Å². The molecule has 3 amide bonds. The number of anilines is 2. The van der Waals surface area contributed by atoms with Crippen LogP contribution in [0.2, 0.25) is 0 Å². The largest absolute Gasteiger partial charge is 0.507 e. The van der Waals surface area contributed by atoms with Gasteiger partial charge in [-0.3, -0.25) is 4.79 Å². The summed E-state index contributed by atoms with van der Waals surface area (Å²) >= 11 is 0. The summed E-state index contributed by atoms with van der Waals surface area (Å²) in [6.07, 6.45) is 5.54. The zero-order valence-electron chi connectivity index (χ0n) is 23.8. The lowest BCUT2D eigenvalue weighted by Crippen LogP contribution is -2.30. The molecule has 7 heteroatoms. The van der Waals surface area contributed by atoms with Crippen LogP contribution in [0.15, 0.2) is 30.3 Å². The SMILES string of the molecule is CCCCCCCNC(=O)Nc1cc(OC)ccc1NC(=O)c1cc(C(C)(C)C)c(O)c(C(C)(C)C)c1. The van der Waals surface area contributed by atoms with Gasteiger partial charge in [-0.15, -0.1) is 0 Å². The van der Waals surface area contributed by atoms with Gasteiger partial charge < -0.3 is 25.8 Å². The molecule has 0 bridgehead atoms. The molecule has 0 spiro atoms. The van der Waals surface area contributed by atoms with E-state index in [0.29, 0.717) is 40.4 Å². The zero-order chi connectivity index (χ0) is 27.8. The number of aromatic hydroxyl groups is 1. The van der Waals surface area contributed by atoms with Gasteiger partial charge in [-0.2, -0.15) is 0 Å². The number of phenolic OH excluding ortho intramolecular Hbond substituents is 1. The number of phenols is 1. The van der Waals surface area contributed by atoms with Crippen molar-refractivity contribution in [3.63, 3.8) is 0 Å². The molecule has 0 fully saturated rings. The summed E-state index contributed by atoms with van der Waals surface area (Å²) in [6, 6.07) is 8.24. The minimum Gasteiger partial charge on any atom is -0.507 e. The summed E-state index contributed by atoms with van der Waals surface area (Å²) in [5.41, 5.74) is 2.01. The molecule has 7 nitrogen and oxygen atoms in total. The molecule has 2 aromatic rings. The first-order chi connectivity index (χ1) is 17.3. The number of ether oxygens (including phenoxy) is 1. The van der Waals surface area contributed by atoms with E-state index < -0.39 is 0 Å². The molecule has 2 aromatic carbocycles. The van der Waals surface area contributed by atoms with E-state index in [1.807, 2.05) is 41.5 Å². The van der Waals surface area contributed by atoms with Crippen molar-refractivity contribution in [3.05, 3.63) is 47.0 Å². The van der Waals surface area contributed by atoms with E-state index >= 15 is 0 Å². The van der Waals surface area contributed by atoms with Crippen molar-refractivity contribution in [2.24, 2.45) is 0 Å². The number of carbonyl (C=O) groups is 2. The second-order valence-electron chi connectivity index (χ2n) is 11.6. The molecular weight excluding hydrogens is 466 g/mol. The molecule has 0 aliphatic carbocycles. The van der Waals surface area contributed by atoms with Crippen LogP contribution in [0, 0.1) is 0 Å². The quantitative estimate of drug-likeness (QED) is 0.251. The molecular formula is C30H45N3O4. The van der Waals surface area contributed by atoms with E-state index in [1.54, 1.807) is 37.4 Å². The molecule has 0 aliphatic heterocycles. The van der Waals surface area contributed by atoms with Gasteiger partial charge in [-0.05, 0) is 41.5 Å². The Labute approximate surface area is 222 Å². The lowest BCUT2D eigenvalue weighted by atomic mass is 9.78. The Morgan fingerprint density at radius 2 is 1.43 bits per heavy atom. The number of unbranched alkanes of at least 4 members (excludes halogenated alkanes) is 4. The van der Waals surface area contributed by atoms with E-state index in [-0.39, 0.29) is 28.5 Å². The molecule has 0 heterocycles. The molecule has 204 valence electrons. The number of benzene rings is 2. The number of methoxy groups -OCH3 is 1. The Morgan fingerprint density at radius 3 is 1.97 bits per heavy atom. The lowest BCUT2D eigenvalue weighted by molar-refractivity contribution is 0.102. The van der Waals surface area contributed by atoms with E-state index in [9.17, 15) is 14.7 Å². The van der Waals surface area contributed by atoms with Gasteiger partial charge in [0.25, 0.3) is 5.91 Å². The first kappa shape index (κ1) is 30.0. The Morgan fingerprint density at radius 1 is 0.838 bits per heavy atom. The van der Waals surface area contributed by atoms with Crippen LogP contribution >= 0.6 is 0 Å². The highest BCUT2D eigenvalue weighted by atomic mass is 16.5. The first-order valence-electron chi connectivity index (χ1n) is 13.2. The van der Waals surface area contributed by atoms with Gasteiger partial charge >= 0.3 is 6.03 Å². The predicted octanol–water partition coefficient (Wildman–Crippen LogP) is 7.34. The minimum atomic E-state index is -0.359. The second kappa shape index (κ2) is 12.8. The maximum absolute atomic E-state index is 13.4. The fourth-order valence-electron chi connectivity index (χ4n) is 4.06. The van der Waals surface area contributed by atoms with Gasteiger partial charge in [-0.1, -0.05) is 74.1 Å². The Hall–Kier alpha value is -3.22. The van der Waals surface area contributed by atoms with Crippen molar-refractivity contribution >= 4 is 23.3 Å². The van der Waals surface area contributed by atoms with E-state index in [4.69, 9.17) is 4.74 Å². The van der Waals surface area contributed by atoms with Crippen LogP contribution in [0.1, 0.15) is 102 Å². The highest BCUT2D eigenvalue weighted by molar-refractivity contribution is 6.07. The second-order valence-corrected chi connectivity index (χ2v) is 11.6. The Balaban J connectivity index is 2.28. The van der Waals surface area contributed by atoms with Gasteiger partial charge in [-0.25, -0.2) is 4.79 Å². The summed E-state index contributed by atoms with van der Waals surface area (Å²) in [7, 11) is 1.55. The Bertz CT molecular complexity index is 1050. The average molecular weight is 512 g/mol. The van der Waals surface area contributed by atoms with E-state index in [2.05, 4.69) is 22.9 Å². The molecule has 0 radical (unpaired) electrons. The van der Waals surface area contributed by atoms with Gasteiger partial charge in [0.2, 0.25) is 0 Å². The molecule has 0 aromatic heterocycles. The number of hydrogen-bond acceptors (Lipinski definition) is 4. The van der Waals surface area contributed by atoms with Crippen molar-refractivity contribution in [1.29, 1.82) is 0 Å². The van der Waals surface area contributed by atoms with Crippen LogP contribution in [0.5, 0.6) is 11.5 Å². The molecule has 0 saturated carbocycles. The summed E-state index contributed by atoms with van der Waals surface area (Å²) in [5.74, 6) is 0.442. The maximum atomic E-state index is 13.4. The van der Waals surface area contributed by atoms with Gasteiger partial charge in [0.15, 0.2) is 0 Å². The molecule has 0 aliphatic rings. The third kappa shape index (κ3) is 8.69. The topological polar surface area (TPSA) is 99.7 Å². The third-order valence-corrected chi connectivity index (χ3v) is 6.28. The minimum absolute atomic E-state index is 0.217. The number of carbonyl (C=O) groups excluding carboxylic acids is 2. The van der Waals surface area contributed by atoms with Crippen LogP contribution in [0.4, 0.5) is 16.2 Å². The molecule has 0 saturated heterocycles. The molecule has 0 unspecified atom stereocenters.